The van der Waals surface area contributed by atoms with Crippen LogP contribution in [0.15, 0.2) is 48.5 Å². The van der Waals surface area contributed by atoms with Gasteiger partial charge in [0.05, 0.1) is 13.2 Å². The number of piperazine rings is 1. The van der Waals surface area contributed by atoms with E-state index in [-0.39, 0.29) is 11.9 Å². The lowest BCUT2D eigenvalue weighted by Crippen LogP contribution is -2.48. The minimum Gasteiger partial charge on any atom is -0.378 e. The second-order valence-electron chi connectivity index (χ2n) is 12.1. The molecule has 13 nitrogen and oxygen atoms in total. The highest BCUT2D eigenvalue weighted by Crippen LogP contribution is 2.24. The number of benzene rings is 2. The Morgan fingerprint density at radius 2 is 1.21 bits per heavy atom. The number of nitrogens with zero attached hydrogens (tertiary/aromatic N) is 8. The minimum atomic E-state index is -0.369. The third-order valence-corrected chi connectivity index (χ3v) is 9.12. The quantitative estimate of drug-likeness (QED) is 0.379. The molecule has 2 N–H and O–H groups in total. The lowest BCUT2D eigenvalue weighted by Gasteiger charge is -2.34. The molecule has 13 heteroatoms. The van der Waals surface area contributed by atoms with Gasteiger partial charge in [0.25, 0.3) is 5.91 Å². The highest BCUT2D eigenvalue weighted by molar-refractivity contribution is 6.00. The monoisotopic (exact) mass is 642 g/mol. The van der Waals surface area contributed by atoms with Crippen molar-refractivity contribution in [3.63, 3.8) is 0 Å². The Hall–Kier alpha value is -4.33. The van der Waals surface area contributed by atoms with E-state index in [1.165, 1.54) is 0 Å². The molecule has 3 aliphatic rings. The van der Waals surface area contributed by atoms with E-state index < -0.39 is 0 Å². The van der Waals surface area contributed by atoms with Gasteiger partial charge in [0.1, 0.15) is 0 Å². The first-order valence-corrected chi connectivity index (χ1v) is 16.8. The summed E-state index contributed by atoms with van der Waals surface area (Å²) >= 11 is 0. The third-order valence-electron chi connectivity index (χ3n) is 9.12. The zero-order chi connectivity index (χ0) is 32.6. The Balaban J connectivity index is 1.10. The number of carbonyl (C=O) groups is 2. The summed E-state index contributed by atoms with van der Waals surface area (Å²) in [5.41, 5.74) is 2.71. The van der Waals surface area contributed by atoms with Crippen molar-refractivity contribution >= 4 is 35.2 Å². The molecule has 3 aliphatic heterocycles. The van der Waals surface area contributed by atoms with Crippen molar-refractivity contribution in [3.8, 4) is 11.4 Å². The average molecular weight is 643 g/mol. The van der Waals surface area contributed by atoms with E-state index in [0.717, 1.165) is 90.5 Å². The molecule has 47 heavy (non-hydrogen) atoms. The van der Waals surface area contributed by atoms with E-state index in [1.54, 1.807) is 24.3 Å². The average Bonchev–Trinajstić information content (AvgIpc) is 3.38. The first kappa shape index (κ1) is 32.6. The predicted molar refractivity (Wildman–Crippen MR) is 184 cm³/mol. The van der Waals surface area contributed by atoms with E-state index >= 15 is 0 Å². The number of amides is 3. The van der Waals surface area contributed by atoms with Crippen molar-refractivity contribution in [2.45, 2.75) is 20.3 Å². The number of hydrogen-bond acceptors (Lipinski definition) is 10. The van der Waals surface area contributed by atoms with Gasteiger partial charge in [-0.05, 0) is 74.6 Å². The second-order valence-corrected chi connectivity index (χ2v) is 12.1. The summed E-state index contributed by atoms with van der Waals surface area (Å²) in [7, 11) is 0. The molecule has 0 unspecified atom stereocenters. The number of urea groups is 1. The normalized spacial score (nSPS) is 18.1. The van der Waals surface area contributed by atoms with Crippen LogP contribution in [0.4, 0.5) is 28.1 Å². The fraction of sp³-hybridized carbons (Fsp3) is 0.500. The Morgan fingerprint density at radius 3 is 1.83 bits per heavy atom. The van der Waals surface area contributed by atoms with E-state index in [0.29, 0.717) is 47.9 Å². The van der Waals surface area contributed by atoms with Crippen LogP contribution in [0.1, 0.15) is 30.6 Å². The first-order chi connectivity index (χ1) is 23.0. The molecule has 3 saturated heterocycles. The Bertz CT molecular complexity index is 1490. The SMILES string of the molecule is CCN1CCN(C(=O)c2ccc(NC(=O)Nc3ccc(-c4nc(N5CCOCC5)nc(N5CCCN(CC)CC5)n4)cc3)cc2)CC1. The van der Waals surface area contributed by atoms with Crippen LogP contribution in [0.25, 0.3) is 11.4 Å². The molecule has 0 aliphatic carbocycles. The summed E-state index contributed by atoms with van der Waals surface area (Å²) in [5, 5.41) is 5.75. The molecule has 1 aromatic heterocycles. The maximum absolute atomic E-state index is 12.9. The maximum Gasteiger partial charge on any atom is 0.323 e. The Kier molecular flexibility index (Phi) is 10.8. The van der Waals surface area contributed by atoms with Gasteiger partial charge in [-0.2, -0.15) is 15.0 Å². The van der Waals surface area contributed by atoms with Gasteiger partial charge in [-0.1, -0.05) is 13.8 Å². The van der Waals surface area contributed by atoms with Gasteiger partial charge in [-0.15, -0.1) is 0 Å². The molecule has 250 valence electrons. The van der Waals surface area contributed by atoms with Crippen LogP contribution in [0.3, 0.4) is 0 Å². The number of anilines is 4. The highest BCUT2D eigenvalue weighted by atomic mass is 16.5. The number of rotatable bonds is 8. The molecule has 0 radical (unpaired) electrons. The number of carbonyl (C=O) groups excluding carboxylic acids is 2. The number of nitrogens with one attached hydrogen (secondary N) is 2. The van der Waals surface area contributed by atoms with E-state index in [2.05, 4.69) is 44.1 Å². The first-order valence-electron chi connectivity index (χ1n) is 16.8. The maximum atomic E-state index is 12.9. The van der Waals surface area contributed by atoms with Crippen LogP contribution in [0.2, 0.25) is 0 Å². The molecule has 4 heterocycles. The Morgan fingerprint density at radius 1 is 0.660 bits per heavy atom. The summed E-state index contributed by atoms with van der Waals surface area (Å²) in [4.78, 5) is 51.5. The van der Waals surface area contributed by atoms with Gasteiger partial charge < -0.3 is 39.9 Å². The molecule has 0 atom stereocenters. The fourth-order valence-corrected chi connectivity index (χ4v) is 6.16. The molecular weight excluding hydrogens is 596 g/mol. The van der Waals surface area contributed by atoms with Gasteiger partial charge in [-0.25, -0.2) is 4.79 Å². The molecule has 2 aromatic carbocycles. The van der Waals surface area contributed by atoms with Crippen LogP contribution in [-0.4, -0.2) is 133 Å². The molecule has 0 spiro atoms. The minimum absolute atomic E-state index is 0.0220. The van der Waals surface area contributed by atoms with E-state index in [1.807, 2.05) is 29.2 Å². The van der Waals surface area contributed by atoms with E-state index in [9.17, 15) is 9.59 Å². The van der Waals surface area contributed by atoms with Crippen LogP contribution in [0.5, 0.6) is 0 Å². The molecular formula is C34H46N10O3. The lowest BCUT2D eigenvalue weighted by molar-refractivity contribution is 0.0643. The molecule has 3 amide bonds. The summed E-state index contributed by atoms with van der Waals surface area (Å²) in [6, 6.07) is 14.2. The fourth-order valence-electron chi connectivity index (χ4n) is 6.16. The van der Waals surface area contributed by atoms with Gasteiger partial charge in [0, 0.05) is 81.4 Å². The van der Waals surface area contributed by atoms with Gasteiger partial charge >= 0.3 is 6.03 Å². The van der Waals surface area contributed by atoms with Crippen LogP contribution < -0.4 is 20.4 Å². The van der Waals surface area contributed by atoms with Crippen molar-refractivity contribution in [3.05, 3.63) is 54.1 Å². The number of aromatic nitrogens is 3. The lowest BCUT2D eigenvalue weighted by atomic mass is 10.1. The topological polar surface area (TPSA) is 122 Å². The summed E-state index contributed by atoms with van der Waals surface area (Å²) < 4.78 is 5.56. The highest BCUT2D eigenvalue weighted by Gasteiger charge is 2.23. The van der Waals surface area contributed by atoms with Gasteiger partial charge in [-0.3, -0.25) is 4.79 Å². The molecule has 3 fully saturated rings. The number of morpholine rings is 1. The van der Waals surface area contributed by atoms with Crippen molar-refractivity contribution < 1.29 is 14.3 Å². The zero-order valence-electron chi connectivity index (χ0n) is 27.5. The zero-order valence-corrected chi connectivity index (χ0v) is 27.5. The standard InChI is InChI=1S/C34H46N10O3/c1-3-40-14-5-15-43(21-18-40)32-37-30(38-33(39-32)44-22-24-47-25-23-44)26-6-10-28(11-7-26)35-34(46)36-29-12-8-27(9-13-29)31(45)42-19-16-41(4-2)17-20-42/h6-13H,3-5,14-25H2,1-2H3,(H2,35,36,46). The van der Waals surface area contributed by atoms with Crippen molar-refractivity contribution in [1.29, 1.82) is 0 Å². The number of likely N-dealkylation sites (N-methyl/N-ethyl adjacent to an activating group) is 2. The molecule has 0 saturated carbocycles. The van der Waals surface area contributed by atoms with Gasteiger partial charge in [0.2, 0.25) is 11.9 Å². The van der Waals surface area contributed by atoms with Gasteiger partial charge in [0.15, 0.2) is 5.82 Å². The number of hydrogen-bond donors (Lipinski definition) is 2. The number of ether oxygens (including phenoxy) is 1. The summed E-state index contributed by atoms with van der Waals surface area (Å²) in [5.74, 6) is 1.99. The summed E-state index contributed by atoms with van der Waals surface area (Å²) in [6.45, 7) is 16.2. The predicted octanol–water partition coefficient (Wildman–Crippen LogP) is 3.33. The van der Waals surface area contributed by atoms with E-state index in [4.69, 9.17) is 19.7 Å². The van der Waals surface area contributed by atoms with Crippen LogP contribution >= 0.6 is 0 Å². The molecule has 0 bridgehead atoms. The molecule has 3 aromatic rings. The largest absolute Gasteiger partial charge is 0.378 e. The van der Waals surface area contributed by atoms with Crippen LogP contribution in [0, 0.1) is 0 Å². The van der Waals surface area contributed by atoms with Crippen LogP contribution in [-0.2, 0) is 4.74 Å². The van der Waals surface area contributed by atoms with Crippen molar-refractivity contribution in [1.82, 2.24) is 29.7 Å². The third kappa shape index (κ3) is 8.34. The summed E-state index contributed by atoms with van der Waals surface area (Å²) in [6.07, 6.45) is 1.06. The smallest absolute Gasteiger partial charge is 0.323 e. The Labute approximate surface area is 276 Å². The van der Waals surface area contributed by atoms with Crippen molar-refractivity contribution in [2.75, 3.05) is 112 Å². The van der Waals surface area contributed by atoms with Crippen molar-refractivity contribution in [2.24, 2.45) is 0 Å². The second kappa shape index (κ2) is 15.5. The molecule has 6 rings (SSSR count).